The number of nitrogens with two attached hydrogens (primary N) is 1. The van der Waals surface area contributed by atoms with Crippen LogP contribution >= 0.6 is 0 Å². The van der Waals surface area contributed by atoms with Crippen LogP contribution in [-0.2, 0) is 0 Å². The first-order valence-corrected chi connectivity index (χ1v) is 6.20. The van der Waals surface area contributed by atoms with Crippen molar-refractivity contribution in [2.45, 2.75) is 0 Å². The van der Waals surface area contributed by atoms with Gasteiger partial charge in [-0.05, 0) is 36.4 Å². The summed E-state index contributed by atoms with van der Waals surface area (Å²) in [5.74, 6) is 0.00898. The van der Waals surface area contributed by atoms with Gasteiger partial charge in [0, 0.05) is 11.6 Å². The molecule has 5 heteroatoms. The highest BCUT2D eigenvalue weighted by Gasteiger charge is 2.12. The molecule has 0 saturated heterocycles. The summed E-state index contributed by atoms with van der Waals surface area (Å²) in [6.45, 7) is 0. The second kappa shape index (κ2) is 5.10. The standard InChI is InChI=1S/C16H10FN3O/c17-12-4-1-5-14(11(12)9-18)21-15-7-6-13(19)16-10(15)3-2-8-20-16/h1-8H,19H2. The van der Waals surface area contributed by atoms with Crippen LogP contribution in [0.15, 0.2) is 48.7 Å². The summed E-state index contributed by atoms with van der Waals surface area (Å²) in [7, 11) is 0. The number of anilines is 1. The van der Waals surface area contributed by atoms with Gasteiger partial charge in [-0.15, -0.1) is 0 Å². The molecule has 1 aromatic heterocycles. The van der Waals surface area contributed by atoms with E-state index in [4.69, 9.17) is 15.7 Å². The minimum absolute atomic E-state index is 0.133. The molecule has 2 N–H and O–H groups in total. The van der Waals surface area contributed by atoms with Gasteiger partial charge in [-0.25, -0.2) is 4.39 Å². The molecule has 0 aliphatic carbocycles. The molecule has 0 unspecified atom stereocenters. The minimum Gasteiger partial charge on any atom is -0.455 e. The van der Waals surface area contributed by atoms with E-state index in [1.807, 2.05) is 0 Å². The number of nitriles is 1. The average Bonchev–Trinajstić information content (AvgIpc) is 2.51. The number of nitrogen functional groups attached to an aromatic ring is 1. The number of benzene rings is 2. The van der Waals surface area contributed by atoms with E-state index in [1.54, 1.807) is 42.6 Å². The number of fused-ring (bicyclic) bond motifs is 1. The van der Waals surface area contributed by atoms with Gasteiger partial charge >= 0.3 is 0 Å². The number of ether oxygens (including phenoxy) is 1. The first-order valence-electron chi connectivity index (χ1n) is 6.20. The summed E-state index contributed by atoms with van der Waals surface area (Å²) >= 11 is 0. The van der Waals surface area contributed by atoms with Gasteiger partial charge in [-0.3, -0.25) is 4.98 Å². The summed E-state index contributed by atoms with van der Waals surface area (Å²) in [4.78, 5) is 4.20. The van der Waals surface area contributed by atoms with Crippen LogP contribution < -0.4 is 10.5 Å². The second-order valence-electron chi connectivity index (χ2n) is 4.38. The third-order valence-corrected chi connectivity index (χ3v) is 3.07. The normalized spacial score (nSPS) is 10.3. The van der Waals surface area contributed by atoms with Crippen LogP contribution in [0.2, 0.25) is 0 Å². The molecule has 0 bridgehead atoms. The maximum absolute atomic E-state index is 13.6. The van der Waals surface area contributed by atoms with Crippen molar-refractivity contribution in [3.05, 3.63) is 60.0 Å². The lowest BCUT2D eigenvalue weighted by Gasteiger charge is -2.11. The average molecular weight is 279 g/mol. The van der Waals surface area contributed by atoms with Crippen molar-refractivity contribution in [2.24, 2.45) is 0 Å². The lowest BCUT2D eigenvalue weighted by Crippen LogP contribution is -1.95. The first-order chi connectivity index (χ1) is 10.2. The molecule has 3 aromatic rings. The highest BCUT2D eigenvalue weighted by molar-refractivity contribution is 5.93. The molecular formula is C16H10FN3O. The summed E-state index contributed by atoms with van der Waals surface area (Å²) in [5.41, 5.74) is 6.86. The van der Waals surface area contributed by atoms with Crippen LogP contribution in [0.3, 0.4) is 0 Å². The van der Waals surface area contributed by atoms with Crippen LogP contribution in [0.4, 0.5) is 10.1 Å². The van der Waals surface area contributed by atoms with E-state index < -0.39 is 5.82 Å². The zero-order valence-electron chi connectivity index (χ0n) is 10.9. The van der Waals surface area contributed by atoms with Gasteiger partial charge in [0.2, 0.25) is 0 Å². The Balaban J connectivity index is 2.14. The number of rotatable bonds is 2. The molecule has 4 nitrogen and oxygen atoms in total. The van der Waals surface area contributed by atoms with Crippen molar-refractivity contribution in [1.82, 2.24) is 4.98 Å². The quantitative estimate of drug-likeness (QED) is 0.727. The van der Waals surface area contributed by atoms with E-state index in [2.05, 4.69) is 4.98 Å². The van der Waals surface area contributed by atoms with Crippen molar-refractivity contribution in [3.8, 4) is 17.6 Å². The molecular weight excluding hydrogens is 269 g/mol. The van der Waals surface area contributed by atoms with Gasteiger partial charge in [0.05, 0.1) is 11.2 Å². The maximum Gasteiger partial charge on any atom is 0.148 e. The lowest BCUT2D eigenvalue weighted by molar-refractivity contribution is 0.479. The predicted octanol–water partition coefficient (Wildman–Crippen LogP) is 3.62. The fourth-order valence-corrected chi connectivity index (χ4v) is 2.07. The van der Waals surface area contributed by atoms with E-state index in [-0.39, 0.29) is 11.3 Å². The fraction of sp³-hybridized carbons (Fsp3) is 0. The second-order valence-corrected chi connectivity index (χ2v) is 4.38. The van der Waals surface area contributed by atoms with Gasteiger partial charge in [0.1, 0.15) is 28.9 Å². The molecule has 1 heterocycles. The maximum atomic E-state index is 13.6. The Labute approximate surface area is 120 Å². The number of nitrogens with zero attached hydrogens (tertiary/aromatic N) is 2. The lowest BCUT2D eigenvalue weighted by atomic mass is 10.1. The Bertz CT molecular complexity index is 871. The molecule has 0 atom stereocenters. The van der Waals surface area contributed by atoms with Crippen LogP contribution in [0.5, 0.6) is 11.5 Å². The highest BCUT2D eigenvalue weighted by atomic mass is 19.1. The molecule has 102 valence electrons. The summed E-state index contributed by atoms with van der Waals surface area (Å²) in [6.07, 6.45) is 1.63. The minimum atomic E-state index is -0.618. The Morgan fingerprint density at radius 1 is 1.10 bits per heavy atom. The molecule has 0 saturated carbocycles. The van der Waals surface area contributed by atoms with E-state index in [1.165, 1.54) is 12.1 Å². The van der Waals surface area contributed by atoms with Crippen LogP contribution in [-0.4, -0.2) is 4.98 Å². The molecule has 0 spiro atoms. The van der Waals surface area contributed by atoms with Crippen LogP contribution in [0, 0.1) is 17.1 Å². The zero-order chi connectivity index (χ0) is 14.8. The summed E-state index contributed by atoms with van der Waals surface area (Å²) in [5, 5.41) is 9.73. The molecule has 3 rings (SSSR count). The molecule has 0 amide bonds. The Morgan fingerprint density at radius 3 is 2.76 bits per heavy atom. The smallest absolute Gasteiger partial charge is 0.148 e. The van der Waals surface area contributed by atoms with Crippen molar-refractivity contribution >= 4 is 16.6 Å². The third-order valence-electron chi connectivity index (χ3n) is 3.07. The molecule has 0 aliphatic rings. The summed E-state index contributed by atoms with van der Waals surface area (Å²) in [6, 6.07) is 12.9. The van der Waals surface area contributed by atoms with Crippen molar-refractivity contribution < 1.29 is 9.13 Å². The van der Waals surface area contributed by atoms with Gasteiger partial charge in [-0.2, -0.15) is 5.26 Å². The van der Waals surface area contributed by atoms with Gasteiger partial charge in [-0.1, -0.05) is 6.07 Å². The SMILES string of the molecule is N#Cc1c(F)cccc1Oc1ccc(N)c2ncccc12. The van der Waals surface area contributed by atoms with Crippen LogP contribution in [0.1, 0.15) is 5.56 Å². The van der Waals surface area contributed by atoms with Crippen LogP contribution in [0.25, 0.3) is 10.9 Å². The molecule has 0 radical (unpaired) electrons. The van der Waals surface area contributed by atoms with Gasteiger partial charge < -0.3 is 10.5 Å². The highest BCUT2D eigenvalue weighted by Crippen LogP contribution is 2.33. The number of pyridine rings is 1. The van der Waals surface area contributed by atoms with Gasteiger partial charge in [0.15, 0.2) is 0 Å². The molecule has 0 fully saturated rings. The van der Waals surface area contributed by atoms with E-state index >= 15 is 0 Å². The Hall–Kier alpha value is -3.13. The number of hydrogen-bond acceptors (Lipinski definition) is 4. The predicted molar refractivity (Wildman–Crippen MR) is 77.3 cm³/mol. The number of halogens is 1. The van der Waals surface area contributed by atoms with E-state index in [0.717, 1.165) is 0 Å². The largest absolute Gasteiger partial charge is 0.455 e. The Morgan fingerprint density at radius 2 is 1.95 bits per heavy atom. The monoisotopic (exact) mass is 279 g/mol. The third kappa shape index (κ3) is 2.23. The molecule has 0 aliphatic heterocycles. The number of hydrogen-bond donors (Lipinski definition) is 1. The van der Waals surface area contributed by atoms with Crippen molar-refractivity contribution in [3.63, 3.8) is 0 Å². The van der Waals surface area contributed by atoms with Gasteiger partial charge in [0.25, 0.3) is 0 Å². The topological polar surface area (TPSA) is 71.9 Å². The fourth-order valence-electron chi connectivity index (χ4n) is 2.07. The van der Waals surface area contributed by atoms with Crippen molar-refractivity contribution in [2.75, 3.05) is 5.73 Å². The summed E-state index contributed by atoms with van der Waals surface area (Å²) < 4.78 is 19.3. The zero-order valence-corrected chi connectivity index (χ0v) is 10.9. The number of aromatic nitrogens is 1. The molecule has 21 heavy (non-hydrogen) atoms. The van der Waals surface area contributed by atoms with E-state index in [0.29, 0.717) is 22.3 Å². The molecule has 2 aromatic carbocycles. The van der Waals surface area contributed by atoms with Crippen molar-refractivity contribution in [1.29, 1.82) is 5.26 Å². The first kappa shape index (κ1) is 12.9. The van der Waals surface area contributed by atoms with E-state index in [9.17, 15) is 4.39 Å². The Kier molecular flexibility index (Phi) is 3.13.